The van der Waals surface area contributed by atoms with Crippen molar-refractivity contribution in [2.75, 3.05) is 19.6 Å². The minimum absolute atomic E-state index is 0.255. The Morgan fingerprint density at radius 3 is 2.70 bits per heavy atom. The first-order valence-electron chi connectivity index (χ1n) is 3.12. The van der Waals surface area contributed by atoms with Crippen LogP contribution in [0.2, 0.25) is 0 Å². The van der Waals surface area contributed by atoms with Gasteiger partial charge in [-0.2, -0.15) is 0 Å². The zero-order chi connectivity index (χ0) is 7.98. The maximum absolute atomic E-state index is 5.81. The van der Waals surface area contributed by atoms with E-state index >= 15 is 0 Å². The molecule has 0 amide bonds. The van der Waals surface area contributed by atoms with Crippen LogP contribution >= 0.6 is 23.2 Å². The van der Waals surface area contributed by atoms with Crippen LogP contribution in [0, 0.1) is 5.92 Å². The van der Waals surface area contributed by atoms with Gasteiger partial charge in [-0.25, -0.2) is 0 Å². The summed E-state index contributed by atoms with van der Waals surface area (Å²) in [7, 11) is 1.65. The minimum Gasteiger partial charge on any atom is -0.384 e. The van der Waals surface area contributed by atoms with Crippen LogP contribution in [0.4, 0.5) is 0 Å². The summed E-state index contributed by atoms with van der Waals surface area (Å²) in [6.07, 6.45) is 1.78. The van der Waals surface area contributed by atoms with Crippen LogP contribution in [0.25, 0.3) is 0 Å². The molecule has 1 atom stereocenters. The van der Waals surface area contributed by atoms with Crippen LogP contribution in [-0.4, -0.2) is 19.6 Å². The van der Waals surface area contributed by atoms with E-state index in [0.29, 0.717) is 12.5 Å². The standard InChI is InChI=1S/C7H12Cl2O/c1-6(5-10-2)7(9)3-4-8/h3,6H,4-5H2,1-2H3/b7-3+. The van der Waals surface area contributed by atoms with Gasteiger partial charge < -0.3 is 4.74 Å². The highest BCUT2D eigenvalue weighted by Crippen LogP contribution is 2.14. The molecule has 0 aromatic rings. The van der Waals surface area contributed by atoms with Crippen LogP contribution in [0.5, 0.6) is 0 Å². The Morgan fingerprint density at radius 1 is 1.70 bits per heavy atom. The van der Waals surface area contributed by atoms with Crippen LogP contribution in [-0.2, 0) is 4.74 Å². The third-order valence-electron chi connectivity index (χ3n) is 1.16. The lowest BCUT2D eigenvalue weighted by Crippen LogP contribution is -2.03. The average Bonchev–Trinajstić information content (AvgIpc) is 1.89. The van der Waals surface area contributed by atoms with Crippen molar-refractivity contribution < 1.29 is 4.74 Å². The van der Waals surface area contributed by atoms with E-state index in [1.54, 1.807) is 13.2 Å². The summed E-state index contributed by atoms with van der Waals surface area (Å²) in [6.45, 7) is 2.64. The molecule has 1 unspecified atom stereocenters. The van der Waals surface area contributed by atoms with E-state index in [4.69, 9.17) is 27.9 Å². The molecule has 0 aromatic carbocycles. The zero-order valence-corrected chi connectivity index (χ0v) is 7.74. The molecule has 0 saturated carbocycles. The van der Waals surface area contributed by atoms with Gasteiger partial charge in [0.25, 0.3) is 0 Å². The van der Waals surface area contributed by atoms with Crippen molar-refractivity contribution in [1.29, 1.82) is 0 Å². The molecule has 0 radical (unpaired) electrons. The molecule has 0 saturated heterocycles. The molecule has 0 N–H and O–H groups in total. The van der Waals surface area contributed by atoms with E-state index in [1.165, 1.54) is 0 Å². The largest absolute Gasteiger partial charge is 0.384 e. The SMILES string of the molecule is COCC(C)/C(Cl)=C\CCl. The predicted octanol–water partition coefficient (Wildman–Crippen LogP) is 2.63. The molecule has 0 aliphatic heterocycles. The molecule has 0 bridgehead atoms. The highest BCUT2D eigenvalue weighted by molar-refractivity contribution is 6.30. The predicted molar refractivity (Wildman–Crippen MR) is 45.7 cm³/mol. The first-order chi connectivity index (χ1) is 4.72. The van der Waals surface area contributed by atoms with Crippen LogP contribution in [0.1, 0.15) is 6.92 Å². The second kappa shape index (κ2) is 6.02. The number of halogens is 2. The van der Waals surface area contributed by atoms with E-state index in [2.05, 4.69) is 0 Å². The number of allylic oxidation sites excluding steroid dienone is 1. The van der Waals surface area contributed by atoms with Crippen molar-refractivity contribution >= 4 is 23.2 Å². The lowest BCUT2D eigenvalue weighted by molar-refractivity contribution is 0.174. The Morgan fingerprint density at radius 2 is 2.30 bits per heavy atom. The van der Waals surface area contributed by atoms with E-state index in [-0.39, 0.29) is 5.92 Å². The zero-order valence-electron chi connectivity index (χ0n) is 6.23. The molecular formula is C7H12Cl2O. The summed E-state index contributed by atoms with van der Waals surface area (Å²) < 4.78 is 4.90. The molecule has 10 heavy (non-hydrogen) atoms. The molecular weight excluding hydrogens is 171 g/mol. The van der Waals surface area contributed by atoms with Gasteiger partial charge in [-0.15, -0.1) is 11.6 Å². The lowest BCUT2D eigenvalue weighted by atomic mass is 10.2. The first-order valence-corrected chi connectivity index (χ1v) is 4.04. The summed E-state index contributed by atoms with van der Waals surface area (Å²) in [6, 6.07) is 0. The van der Waals surface area contributed by atoms with E-state index < -0.39 is 0 Å². The molecule has 0 aromatic heterocycles. The molecule has 0 fully saturated rings. The minimum atomic E-state index is 0.255. The Kier molecular flexibility index (Phi) is 6.19. The normalized spacial score (nSPS) is 15.4. The number of rotatable bonds is 4. The molecule has 1 nitrogen and oxygen atoms in total. The molecule has 0 heterocycles. The topological polar surface area (TPSA) is 9.23 Å². The Labute approximate surface area is 72.0 Å². The second-order valence-electron chi connectivity index (χ2n) is 2.10. The van der Waals surface area contributed by atoms with Gasteiger partial charge in [-0.1, -0.05) is 24.6 Å². The first kappa shape index (κ1) is 10.3. The second-order valence-corrected chi connectivity index (χ2v) is 2.84. The smallest absolute Gasteiger partial charge is 0.0536 e. The maximum Gasteiger partial charge on any atom is 0.0536 e. The van der Waals surface area contributed by atoms with Crippen molar-refractivity contribution in [3.8, 4) is 0 Å². The molecule has 3 heteroatoms. The van der Waals surface area contributed by atoms with Crippen molar-refractivity contribution in [2.45, 2.75) is 6.92 Å². The number of methoxy groups -OCH3 is 1. The number of hydrogen-bond donors (Lipinski definition) is 0. The quantitative estimate of drug-likeness (QED) is 0.608. The fraction of sp³-hybridized carbons (Fsp3) is 0.714. The molecule has 0 aliphatic carbocycles. The van der Waals surface area contributed by atoms with Gasteiger partial charge in [0.2, 0.25) is 0 Å². The van der Waals surface area contributed by atoms with Gasteiger partial charge in [0.05, 0.1) is 6.61 Å². The van der Waals surface area contributed by atoms with E-state index in [1.807, 2.05) is 6.92 Å². The maximum atomic E-state index is 5.81. The fourth-order valence-electron chi connectivity index (χ4n) is 0.604. The summed E-state index contributed by atoms with van der Waals surface area (Å²) >= 11 is 11.2. The van der Waals surface area contributed by atoms with Crippen molar-refractivity contribution in [3.05, 3.63) is 11.1 Å². The van der Waals surface area contributed by atoms with Crippen LogP contribution < -0.4 is 0 Å². The Bertz CT molecular complexity index is 112. The Hall–Kier alpha value is 0.280. The Balaban J connectivity index is 3.69. The van der Waals surface area contributed by atoms with Crippen molar-refractivity contribution in [3.63, 3.8) is 0 Å². The monoisotopic (exact) mass is 182 g/mol. The van der Waals surface area contributed by atoms with E-state index in [9.17, 15) is 0 Å². The fourth-order valence-corrected chi connectivity index (χ4v) is 0.990. The van der Waals surface area contributed by atoms with Crippen LogP contribution in [0.3, 0.4) is 0 Å². The summed E-state index contributed by atoms with van der Waals surface area (Å²) in [5.41, 5.74) is 0. The third-order valence-corrected chi connectivity index (χ3v) is 1.84. The molecule has 0 spiro atoms. The summed E-state index contributed by atoms with van der Waals surface area (Å²) in [5.74, 6) is 0.720. The van der Waals surface area contributed by atoms with Gasteiger partial charge in [-0.3, -0.25) is 0 Å². The van der Waals surface area contributed by atoms with Crippen molar-refractivity contribution in [1.82, 2.24) is 0 Å². The van der Waals surface area contributed by atoms with Gasteiger partial charge in [0, 0.05) is 23.9 Å². The lowest BCUT2D eigenvalue weighted by Gasteiger charge is -2.07. The third kappa shape index (κ3) is 4.15. The average molecular weight is 183 g/mol. The molecule has 0 aliphatic rings. The summed E-state index contributed by atoms with van der Waals surface area (Å²) in [5, 5.41) is 0.775. The number of alkyl halides is 1. The highest BCUT2D eigenvalue weighted by atomic mass is 35.5. The van der Waals surface area contributed by atoms with Crippen LogP contribution in [0.15, 0.2) is 11.1 Å². The van der Waals surface area contributed by atoms with Gasteiger partial charge in [0.1, 0.15) is 0 Å². The van der Waals surface area contributed by atoms with Crippen molar-refractivity contribution in [2.24, 2.45) is 5.92 Å². The van der Waals surface area contributed by atoms with Gasteiger partial charge in [-0.05, 0) is 0 Å². The van der Waals surface area contributed by atoms with Gasteiger partial charge >= 0.3 is 0 Å². The number of ether oxygens (including phenoxy) is 1. The van der Waals surface area contributed by atoms with Gasteiger partial charge in [0.15, 0.2) is 0 Å². The molecule has 60 valence electrons. The number of hydrogen-bond acceptors (Lipinski definition) is 1. The highest BCUT2D eigenvalue weighted by Gasteiger charge is 2.03. The molecule has 0 rings (SSSR count). The summed E-state index contributed by atoms with van der Waals surface area (Å²) in [4.78, 5) is 0. The van der Waals surface area contributed by atoms with E-state index in [0.717, 1.165) is 5.03 Å².